The molecule has 0 N–H and O–H groups in total. The molecule has 0 aliphatic heterocycles. The van der Waals surface area contributed by atoms with Crippen LogP contribution in [0.25, 0.3) is 11.1 Å². The maximum atomic E-state index is 11.8. The first kappa shape index (κ1) is 14.1. The van der Waals surface area contributed by atoms with E-state index in [9.17, 15) is 4.79 Å². The molecule has 0 atom stereocenters. The van der Waals surface area contributed by atoms with E-state index in [-0.39, 0.29) is 6.61 Å². The number of ether oxygens (including phenoxy) is 2. The van der Waals surface area contributed by atoms with Gasteiger partial charge in [0.25, 0.3) is 0 Å². The van der Waals surface area contributed by atoms with Gasteiger partial charge in [0.15, 0.2) is 18.1 Å². The van der Waals surface area contributed by atoms with Gasteiger partial charge in [0.1, 0.15) is 17.0 Å². The molecule has 2 aromatic carbocycles. The van der Waals surface area contributed by atoms with Gasteiger partial charge in [0.05, 0.1) is 0 Å². The highest BCUT2D eigenvalue weighted by Gasteiger charge is 2.09. The molecule has 0 spiro atoms. The topological polar surface area (TPSA) is 61.6 Å². The van der Waals surface area contributed by atoms with Crippen molar-refractivity contribution in [3.8, 4) is 11.5 Å². The number of nitrogens with zero attached hydrogens (tertiary/aromatic N) is 1. The molecule has 0 aliphatic rings. The van der Waals surface area contributed by atoms with E-state index >= 15 is 0 Å². The number of carbonyl (C=O) groups is 1. The first-order chi connectivity index (χ1) is 10.6. The van der Waals surface area contributed by atoms with Crippen molar-refractivity contribution in [2.75, 3.05) is 6.61 Å². The predicted molar refractivity (Wildman–Crippen MR) is 81.1 cm³/mol. The maximum Gasteiger partial charge on any atom is 0.349 e. The van der Waals surface area contributed by atoms with Crippen LogP contribution in [0.1, 0.15) is 11.5 Å². The number of benzene rings is 2. The lowest BCUT2D eigenvalue weighted by atomic mass is 10.2. The number of esters is 1. The summed E-state index contributed by atoms with van der Waals surface area (Å²) in [6.07, 6.45) is 0. The summed E-state index contributed by atoms with van der Waals surface area (Å²) in [5.74, 6) is 1.14. The van der Waals surface area contributed by atoms with Crippen LogP contribution in [-0.4, -0.2) is 17.6 Å². The minimum atomic E-state index is -0.472. The summed E-state index contributed by atoms with van der Waals surface area (Å²) in [6, 6.07) is 12.5. The molecular weight excluding hydrogens is 282 g/mol. The summed E-state index contributed by atoms with van der Waals surface area (Å²) in [4.78, 5) is 16.0. The molecule has 22 heavy (non-hydrogen) atoms. The Morgan fingerprint density at radius 2 is 1.82 bits per heavy atom. The summed E-state index contributed by atoms with van der Waals surface area (Å²) >= 11 is 0. The average molecular weight is 297 g/mol. The fourth-order valence-electron chi connectivity index (χ4n) is 2.02. The quantitative estimate of drug-likeness (QED) is 0.545. The van der Waals surface area contributed by atoms with Crippen LogP contribution in [0.2, 0.25) is 0 Å². The molecule has 1 heterocycles. The van der Waals surface area contributed by atoms with Crippen LogP contribution in [0.5, 0.6) is 11.5 Å². The number of carbonyl (C=O) groups excluding carboxylic acids is 1. The van der Waals surface area contributed by atoms with E-state index in [2.05, 4.69) is 4.98 Å². The summed E-state index contributed by atoms with van der Waals surface area (Å²) < 4.78 is 16.0. The Labute approximate surface area is 127 Å². The Bertz CT molecular complexity index is 805. The van der Waals surface area contributed by atoms with E-state index in [1.807, 2.05) is 31.2 Å². The zero-order chi connectivity index (χ0) is 15.5. The van der Waals surface area contributed by atoms with Gasteiger partial charge in [0.2, 0.25) is 0 Å². The van der Waals surface area contributed by atoms with E-state index in [1.54, 1.807) is 25.1 Å². The molecule has 0 radical (unpaired) electrons. The van der Waals surface area contributed by atoms with Gasteiger partial charge >= 0.3 is 5.97 Å². The van der Waals surface area contributed by atoms with Crippen LogP contribution in [0.15, 0.2) is 46.9 Å². The molecule has 3 aromatic rings. The van der Waals surface area contributed by atoms with Gasteiger partial charge in [-0.3, -0.25) is 0 Å². The molecule has 0 saturated carbocycles. The molecule has 5 nitrogen and oxygen atoms in total. The van der Waals surface area contributed by atoms with Crippen molar-refractivity contribution in [2.24, 2.45) is 0 Å². The van der Waals surface area contributed by atoms with Crippen LogP contribution < -0.4 is 9.47 Å². The number of fused-ring (bicyclic) bond motifs is 1. The molecule has 0 bridgehead atoms. The van der Waals surface area contributed by atoms with E-state index in [0.29, 0.717) is 28.5 Å². The van der Waals surface area contributed by atoms with Crippen molar-refractivity contribution in [1.29, 1.82) is 0 Å². The van der Waals surface area contributed by atoms with Crippen LogP contribution >= 0.6 is 0 Å². The number of hydrogen-bond acceptors (Lipinski definition) is 5. The summed E-state index contributed by atoms with van der Waals surface area (Å²) in [5, 5.41) is 0. The standard InChI is InChI=1S/C17H15NO4/c1-11-3-5-13(6-4-11)20-10-17(19)22-14-7-8-16-15(9-14)18-12(2)21-16/h3-9H,10H2,1-2H3. The van der Waals surface area contributed by atoms with Gasteiger partial charge in [-0.15, -0.1) is 0 Å². The van der Waals surface area contributed by atoms with Crippen molar-refractivity contribution in [2.45, 2.75) is 13.8 Å². The Kier molecular flexibility index (Phi) is 3.78. The van der Waals surface area contributed by atoms with Crippen LogP contribution in [0.3, 0.4) is 0 Å². The van der Waals surface area contributed by atoms with E-state index in [1.165, 1.54) is 0 Å². The molecule has 112 valence electrons. The van der Waals surface area contributed by atoms with Crippen LogP contribution in [0.4, 0.5) is 0 Å². The lowest BCUT2D eigenvalue weighted by Crippen LogP contribution is -2.17. The Hall–Kier alpha value is -2.82. The van der Waals surface area contributed by atoms with Gasteiger partial charge in [-0.1, -0.05) is 17.7 Å². The first-order valence-corrected chi connectivity index (χ1v) is 6.87. The third-order valence-electron chi connectivity index (χ3n) is 3.08. The zero-order valence-electron chi connectivity index (χ0n) is 12.3. The van der Waals surface area contributed by atoms with Crippen molar-refractivity contribution < 1.29 is 18.7 Å². The van der Waals surface area contributed by atoms with Crippen LogP contribution in [-0.2, 0) is 4.79 Å². The molecular formula is C17H15NO4. The Morgan fingerprint density at radius 1 is 1.09 bits per heavy atom. The van der Waals surface area contributed by atoms with Gasteiger partial charge in [0, 0.05) is 13.0 Å². The average Bonchev–Trinajstić information content (AvgIpc) is 2.86. The second kappa shape index (κ2) is 5.89. The van der Waals surface area contributed by atoms with Gasteiger partial charge < -0.3 is 13.9 Å². The first-order valence-electron chi connectivity index (χ1n) is 6.87. The summed E-state index contributed by atoms with van der Waals surface area (Å²) in [6.45, 7) is 3.60. The highest BCUT2D eigenvalue weighted by molar-refractivity contribution is 5.78. The van der Waals surface area contributed by atoms with Gasteiger partial charge in [-0.2, -0.15) is 0 Å². The number of rotatable bonds is 4. The normalized spacial score (nSPS) is 10.6. The fraction of sp³-hybridized carbons (Fsp3) is 0.176. The lowest BCUT2D eigenvalue weighted by molar-refractivity contribution is -0.136. The summed E-state index contributed by atoms with van der Waals surface area (Å²) in [7, 11) is 0. The molecule has 0 amide bonds. The highest BCUT2D eigenvalue weighted by atomic mass is 16.6. The highest BCUT2D eigenvalue weighted by Crippen LogP contribution is 2.21. The largest absolute Gasteiger partial charge is 0.482 e. The maximum absolute atomic E-state index is 11.8. The third-order valence-corrected chi connectivity index (χ3v) is 3.08. The Balaban J connectivity index is 1.61. The zero-order valence-corrected chi connectivity index (χ0v) is 12.3. The predicted octanol–water partition coefficient (Wildman–Crippen LogP) is 3.43. The van der Waals surface area contributed by atoms with Crippen molar-refractivity contribution >= 4 is 17.1 Å². The number of aryl methyl sites for hydroxylation is 2. The number of aromatic nitrogens is 1. The van der Waals surface area contributed by atoms with Gasteiger partial charge in [-0.05, 0) is 31.2 Å². The monoisotopic (exact) mass is 297 g/mol. The summed E-state index contributed by atoms with van der Waals surface area (Å²) in [5.41, 5.74) is 2.45. The van der Waals surface area contributed by atoms with Crippen molar-refractivity contribution in [3.05, 3.63) is 53.9 Å². The molecule has 0 fully saturated rings. The number of hydrogen-bond donors (Lipinski definition) is 0. The van der Waals surface area contributed by atoms with E-state index in [4.69, 9.17) is 13.9 Å². The molecule has 3 rings (SSSR count). The van der Waals surface area contributed by atoms with E-state index < -0.39 is 5.97 Å². The molecule has 1 aromatic heterocycles. The fourth-order valence-corrected chi connectivity index (χ4v) is 2.02. The third kappa shape index (κ3) is 3.25. The second-order valence-electron chi connectivity index (χ2n) is 4.94. The second-order valence-corrected chi connectivity index (χ2v) is 4.94. The van der Waals surface area contributed by atoms with Crippen molar-refractivity contribution in [3.63, 3.8) is 0 Å². The van der Waals surface area contributed by atoms with Crippen molar-refractivity contribution in [1.82, 2.24) is 4.98 Å². The minimum Gasteiger partial charge on any atom is -0.482 e. The van der Waals surface area contributed by atoms with Gasteiger partial charge in [-0.25, -0.2) is 9.78 Å². The smallest absolute Gasteiger partial charge is 0.349 e. The van der Waals surface area contributed by atoms with E-state index in [0.717, 1.165) is 5.56 Å². The molecule has 0 aliphatic carbocycles. The number of oxazole rings is 1. The minimum absolute atomic E-state index is 0.154. The Morgan fingerprint density at radius 3 is 2.59 bits per heavy atom. The molecule has 0 saturated heterocycles. The molecule has 0 unspecified atom stereocenters. The van der Waals surface area contributed by atoms with Crippen LogP contribution in [0, 0.1) is 13.8 Å². The molecule has 5 heteroatoms. The SMILES string of the molecule is Cc1ccc(OCC(=O)Oc2ccc3oc(C)nc3c2)cc1. The lowest BCUT2D eigenvalue weighted by Gasteiger charge is -2.06.